The Hall–Kier alpha value is -2.99. The molecule has 0 spiro atoms. The Bertz CT molecular complexity index is 1120. The highest BCUT2D eigenvalue weighted by molar-refractivity contribution is 7.13. The molecule has 1 aliphatic heterocycles. The highest BCUT2D eigenvalue weighted by Gasteiger charge is 2.27. The van der Waals surface area contributed by atoms with Crippen LogP contribution < -0.4 is 0 Å². The van der Waals surface area contributed by atoms with E-state index in [0.29, 0.717) is 13.0 Å². The van der Waals surface area contributed by atoms with Gasteiger partial charge in [0.05, 0.1) is 6.42 Å². The molecule has 146 valence electrons. The van der Waals surface area contributed by atoms with E-state index < -0.39 is 0 Å². The van der Waals surface area contributed by atoms with Crippen LogP contribution in [-0.4, -0.2) is 38.5 Å². The van der Waals surface area contributed by atoms with Crippen LogP contribution in [0.3, 0.4) is 0 Å². The van der Waals surface area contributed by atoms with Crippen molar-refractivity contribution in [2.45, 2.75) is 25.2 Å². The molecule has 1 fully saturated rings. The Balaban J connectivity index is 1.33. The first kappa shape index (κ1) is 18.1. The number of aromatic nitrogens is 3. The molecule has 0 bridgehead atoms. The number of thiophene rings is 1. The van der Waals surface area contributed by atoms with Gasteiger partial charge >= 0.3 is 0 Å². The van der Waals surface area contributed by atoms with Gasteiger partial charge in [0.1, 0.15) is 0 Å². The molecular weight excluding hydrogens is 380 g/mol. The Morgan fingerprint density at radius 3 is 2.83 bits per heavy atom. The predicted octanol–water partition coefficient (Wildman–Crippen LogP) is 4.41. The zero-order valence-corrected chi connectivity index (χ0v) is 16.9. The highest BCUT2D eigenvalue weighted by Crippen LogP contribution is 2.28. The SMILES string of the molecule is O=C(Cc1ccccc1)N1CCC[C@H](c2nc3ccc(-c4cccs4)cn3n2)C1. The summed E-state index contributed by atoms with van der Waals surface area (Å²) in [7, 11) is 0. The van der Waals surface area contributed by atoms with Gasteiger partial charge in [-0.3, -0.25) is 4.79 Å². The fraction of sp³-hybridized carbons (Fsp3) is 0.261. The quantitative estimate of drug-likeness (QED) is 0.508. The van der Waals surface area contributed by atoms with E-state index in [4.69, 9.17) is 10.1 Å². The average Bonchev–Trinajstić information content (AvgIpc) is 3.44. The van der Waals surface area contributed by atoms with E-state index in [1.54, 1.807) is 11.3 Å². The second-order valence-electron chi connectivity index (χ2n) is 7.51. The normalized spacial score (nSPS) is 17.0. The maximum atomic E-state index is 12.8. The van der Waals surface area contributed by atoms with Gasteiger partial charge in [0, 0.05) is 35.6 Å². The summed E-state index contributed by atoms with van der Waals surface area (Å²) in [6.45, 7) is 1.51. The first-order valence-corrected chi connectivity index (χ1v) is 10.9. The topological polar surface area (TPSA) is 50.5 Å². The van der Waals surface area contributed by atoms with Crippen molar-refractivity contribution < 1.29 is 4.79 Å². The van der Waals surface area contributed by atoms with Crippen molar-refractivity contribution in [3.63, 3.8) is 0 Å². The van der Waals surface area contributed by atoms with Crippen LogP contribution in [-0.2, 0) is 11.2 Å². The second kappa shape index (κ2) is 7.79. The number of hydrogen-bond donors (Lipinski definition) is 0. The minimum absolute atomic E-state index is 0.185. The molecule has 0 N–H and O–H groups in total. The number of carbonyl (C=O) groups excluding carboxylic acids is 1. The van der Waals surface area contributed by atoms with Gasteiger partial charge in [-0.15, -0.1) is 11.3 Å². The van der Waals surface area contributed by atoms with E-state index in [1.165, 1.54) is 4.88 Å². The molecule has 0 aliphatic carbocycles. The standard InChI is InChI=1S/C23H22N4OS/c28-22(14-17-6-2-1-3-7-17)26-12-4-8-19(15-26)23-24-21-11-10-18(16-27(21)25-23)20-9-5-13-29-20/h1-3,5-7,9-11,13,16,19H,4,8,12,14-15H2/t19-/m0/s1. The number of rotatable bonds is 4. The molecule has 1 aliphatic rings. The van der Waals surface area contributed by atoms with E-state index in [9.17, 15) is 4.79 Å². The summed E-state index contributed by atoms with van der Waals surface area (Å²) in [5.41, 5.74) is 3.06. The molecule has 6 heteroatoms. The molecule has 0 saturated carbocycles. The molecule has 29 heavy (non-hydrogen) atoms. The van der Waals surface area contributed by atoms with Gasteiger partial charge in [-0.2, -0.15) is 5.10 Å². The number of hydrogen-bond acceptors (Lipinski definition) is 4. The lowest BCUT2D eigenvalue weighted by atomic mass is 9.97. The highest BCUT2D eigenvalue weighted by atomic mass is 32.1. The van der Waals surface area contributed by atoms with E-state index >= 15 is 0 Å². The second-order valence-corrected chi connectivity index (χ2v) is 8.46. The van der Waals surface area contributed by atoms with Gasteiger partial charge in [-0.25, -0.2) is 9.50 Å². The summed E-state index contributed by atoms with van der Waals surface area (Å²) < 4.78 is 1.87. The molecule has 0 radical (unpaired) electrons. The Kier molecular flexibility index (Phi) is 4.86. The number of benzene rings is 1. The van der Waals surface area contributed by atoms with Gasteiger partial charge < -0.3 is 4.90 Å². The Morgan fingerprint density at radius 2 is 2.00 bits per heavy atom. The van der Waals surface area contributed by atoms with Crippen LogP contribution in [0.5, 0.6) is 0 Å². The maximum Gasteiger partial charge on any atom is 0.227 e. The monoisotopic (exact) mass is 402 g/mol. The van der Waals surface area contributed by atoms with Gasteiger partial charge in [0.15, 0.2) is 11.5 Å². The molecule has 1 amide bonds. The van der Waals surface area contributed by atoms with Crippen LogP contribution in [0.2, 0.25) is 0 Å². The van der Waals surface area contributed by atoms with Crippen molar-refractivity contribution in [3.8, 4) is 10.4 Å². The third-order valence-corrected chi connectivity index (χ3v) is 6.41. The molecule has 4 heterocycles. The lowest BCUT2D eigenvalue weighted by Gasteiger charge is -2.31. The summed E-state index contributed by atoms with van der Waals surface area (Å²) in [4.78, 5) is 20.7. The van der Waals surface area contributed by atoms with Crippen molar-refractivity contribution in [2.24, 2.45) is 0 Å². The zero-order valence-electron chi connectivity index (χ0n) is 16.1. The van der Waals surface area contributed by atoms with E-state index in [2.05, 4.69) is 23.6 Å². The maximum absolute atomic E-state index is 12.8. The lowest BCUT2D eigenvalue weighted by molar-refractivity contribution is -0.131. The van der Waals surface area contributed by atoms with Gasteiger partial charge in [-0.1, -0.05) is 36.4 Å². The number of amides is 1. The first-order valence-electron chi connectivity index (χ1n) is 9.98. The van der Waals surface area contributed by atoms with Crippen LogP contribution >= 0.6 is 11.3 Å². The van der Waals surface area contributed by atoms with E-state index in [-0.39, 0.29) is 11.8 Å². The summed E-state index contributed by atoms with van der Waals surface area (Å²) in [5.74, 6) is 1.21. The van der Waals surface area contributed by atoms with Crippen LogP contribution in [0.15, 0.2) is 66.2 Å². The first-order chi connectivity index (χ1) is 14.3. The number of piperidine rings is 1. The number of fused-ring (bicyclic) bond motifs is 1. The van der Waals surface area contributed by atoms with E-state index in [1.807, 2.05) is 52.0 Å². The van der Waals surface area contributed by atoms with Crippen LogP contribution in [0, 0.1) is 0 Å². The summed E-state index contributed by atoms with van der Waals surface area (Å²) in [6, 6.07) is 18.2. The fourth-order valence-electron chi connectivity index (χ4n) is 3.96. The molecule has 1 atom stereocenters. The summed E-state index contributed by atoms with van der Waals surface area (Å²) >= 11 is 1.72. The Morgan fingerprint density at radius 1 is 1.10 bits per heavy atom. The molecule has 4 aromatic rings. The van der Waals surface area contributed by atoms with Crippen molar-refractivity contribution in [3.05, 3.63) is 77.6 Å². The molecule has 5 rings (SSSR count). The molecule has 3 aromatic heterocycles. The van der Waals surface area contributed by atoms with Crippen LogP contribution in [0.1, 0.15) is 30.1 Å². The Labute approximate surface area is 173 Å². The average molecular weight is 403 g/mol. The van der Waals surface area contributed by atoms with Crippen molar-refractivity contribution in [2.75, 3.05) is 13.1 Å². The van der Waals surface area contributed by atoms with Gasteiger partial charge in [0.2, 0.25) is 5.91 Å². The van der Waals surface area contributed by atoms with Gasteiger partial charge in [-0.05, 0) is 42.0 Å². The van der Waals surface area contributed by atoms with Crippen molar-refractivity contribution >= 4 is 22.9 Å². The molecule has 1 aromatic carbocycles. The third-order valence-electron chi connectivity index (χ3n) is 5.49. The molecule has 5 nitrogen and oxygen atoms in total. The molecule has 0 unspecified atom stereocenters. The lowest BCUT2D eigenvalue weighted by Crippen LogP contribution is -2.40. The number of nitrogens with zero attached hydrogens (tertiary/aromatic N) is 4. The minimum Gasteiger partial charge on any atom is -0.342 e. The molecule has 1 saturated heterocycles. The number of pyridine rings is 1. The third kappa shape index (κ3) is 3.80. The zero-order chi connectivity index (χ0) is 19.6. The van der Waals surface area contributed by atoms with Crippen LogP contribution in [0.4, 0.5) is 0 Å². The fourth-order valence-corrected chi connectivity index (χ4v) is 4.68. The van der Waals surface area contributed by atoms with E-state index in [0.717, 1.165) is 42.0 Å². The summed E-state index contributed by atoms with van der Waals surface area (Å²) in [6.07, 6.45) is 4.50. The predicted molar refractivity (Wildman–Crippen MR) is 115 cm³/mol. The molecular formula is C23H22N4OS. The largest absolute Gasteiger partial charge is 0.342 e. The van der Waals surface area contributed by atoms with Crippen molar-refractivity contribution in [1.29, 1.82) is 0 Å². The number of carbonyl (C=O) groups is 1. The smallest absolute Gasteiger partial charge is 0.227 e. The van der Waals surface area contributed by atoms with Crippen molar-refractivity contribution in [1.82, 2.24) is 19.5 Å². The minimum atomic E-state index is 0.185. The van der Waals surface area contributed by atoms with Gasteiger partial charge in [0.25, 0.3) is 0 Å². The summed E-state index contributed by atoms with van der Waals surface area (Å²) in [5, 5.41) is 6.84. The number of likely N-dealkylation sites (tertiary alicyclic amines) is 1. The van der Waals surface area contributed by atoms with Crippen LogP contribution in [0.25, 0.3) is 16.1 Å².